The average molecular weight is 329 g/mol. The van der Waals surface area contributed by atoms with Gasteiger partial charge in [-0.1, -0.05) is 42.1 Å². The Morgan fingerprint density at radius 2 is 1.91 bits per heavy atom. The van der Waals surface area contributed by atoms with E-state index in [0.717, 1.165) is 16.4 Å². The van der Waals surface area contributed by atoms with Gasteiger partial charge in [0, 0.05) is 5.75 Å². The summed E-state index contributed by atoms with van der Waals surface area (Å²) in [5, 5.41) is 8.91. The normalized spacial score (nSPS) is 10.7. The molecule has 0 spiro atoms. The van der Waals surface area contributed by atoms with Gasteiger partial charge in [0.1, 0.15) is 6.33 Å². The van der Waals surface area contributed by atoms with Gasteiger partial charge in [-0.25, -0.2) is 4.39 Å². The van der Waals surface area contributed by atoms with Gasteiger partial charge in [0.15, 0.2) is 16.7 Å². The molecule has 0 saturated carbocycles. The molecular formula is C17H16FN3OS. The molecule has 0 aliphatic heterocycles. The van der Waals surface area contributed by atoms with Crippen molar-refractivity contribution in [3.05, 3.63) is 66.2 Å². The van der Waals surface area contributed by atoms with Crippen molar-refractivity contribution < 1.29 is 9.13 Å². The lowest BCUT2D eigenvalue weighted by molar-refractivity contribution is 0.325. The molecule has 0 atom stereocenters. The number of nitrogens with zero attached hydrogens (tertiary/aromatic N) is 3. The minimum Gasteiger partial charge on any atom is -0.490 e. The van der Waals surface area contributed by atoms with Gasteiger partial charge in [-0.15, -0.1) is 10.2 Å². The summed E-state index contributed by atoms with van der Waals surface area (Å²) in [4.78, 5) is 0. The Hall–Kier alpha value is -2.34. The molecule has 0 unspecified atom stereocenters. The van der Waals surface area contributed by atoms with E-state index < -0.39 is 0 Å². The van der Waals surface area contributed by atoms with E-state index in [0.29, 0.717) is 12.4 Å². The molecule has 1 aromatic heterocycles. The number of hydrogen-bond acceptors (Lipinski definition) is 4. The number of rotatable bonds is 6. The molecule has 0 bridgehead atoms. The molecule has 0 amide bonds. The minimum absolute atomic E-state index is 0.272. The van der Waals surface area contributed by atoms with Crippen LogP contribution in [-0.2, 0) is 0 Å². The first-order chi connectivity index (χ1) is 11.3. The van der Waals surface area contributed by atoms with Gasteiger partial charge in [0.05, 0.1) is 12.3 Å². The van der Waals surface area contributed by atoms with E-state index in [4.69, 9.17) is 4.74 Å². The van der Waals surface area contributed by atoms with E-state index in [9.17, 15) is 4.39 Å². The molecule has 0 aliphatic rings. The second-order valence-corrected chi connectivity index (χ2v) is 5.96. The maximum atomic E-state index is 13.5. The summed E-state index contributed by atoms with van der Waals surface area (Å²) in [5.74, 6) is 0.577. The van der Waals surface area contributed by atoms with Crippen molar-refractivity contribution in [1.82, 2.24) is 14.8 Å². The Labute approximate surface area is 138 Å². The van der Waals surface area contributed by atoms with Crippen molar-refractivity contribution in [2.75, 3.05) is 12.4 Å². The number of thioether (sulfide) groups is 1. The zero-order valence-corrected chi connectivity index (χ0v) is 13.5. The second kappa shape index (κ2) is 7.28. The molecule has 0 fully saturated rings. The number of benzene rings is 2. The van der Waals surface area contributed by atoms with Crippen LogP contribution in [0.2, 0.25) is 0 Å². The molecule has 0 aliphatic carbocycles. The fraction of sp³-hybridized carbons (Fsp3) is 0.176. The zero-order valence-electron chi connectivity index (χ0n) is 12.6. The Morgan fingerprint density at radius 1 is 1.13 bits per heavy atom. The quantitative estimate of drug-likeness (QED) is 0.508. The lowest BCUT2D eigenvalue weighted by atomic mass is 10.2. The van der Waals surface area contributed by atoms with Crippen LogP contribution in [0.5, 0.6) is 5.75 Å². The van der Waals surface area contributed by atoms with E-state index in [1.54, 1.807) is 24.5 Å². The Kier molecular flexibility index (Phi) is 4.92. The topological polar surface area (TPSA) is 39.9 Å². The van der Waals surface area contributed by atoms with Crippen molar-refractivity contribution in [3.63, 3.8) is 0 Å². The van der Waals surface area contributed by atoms with Gasteiger partial charge >= 0.3 is 0 Å². The fourth-order valence-electron chi connectivity index (χ4n) is 2.17. The summed E-state index contributed by atoms with van der Waals surface area (Å²) in [6, 6.07) is 14.5. The lowest BCUT2D eigenvalue weighted by Crippen LogP contribution is -2.03. The molecule has 0 saturated heterocycles. The first-order valence-corrected chi connectivity index (χ1v) is 8.20. The van der Waals surface area contributed by atoms with Crippen molar-refractivity contribution in [2.45, 2.75) is 12.1 Å². The highest BCUT2D eigenvalue weighted by Gasteiger charge is 2.09. The summed E-state index contributed by atoms with van der Waals surface area (Å²) in [6.45, 7) is 2.44. The number of hydrogen-bond donors (Lipinski definition) is 0. The van der Waals surface area contributed by atoms with E-state index in [1.165, 1.54) is 17.8 Å². The highest BCUT2D eigenvalue weighted by Crippen LogP contribution is 2.22. The Morgan fingerprint density at radius 3 is 2.74 bits per heavy atom. The lowest BCUT2D eigenvalue weighted by Gasteiger charge is -2.09. The number of aryl methyl sites for hydroxylation is 1. The highest BCUT2D eigenvalue weighted by molar-refractivity contribution is 7.99. The molecule has 4 nitrogen and oxygen atoms in total. The van der Waals surface area contributed by atoms with Crippen LogP contribution in [0.1, 0.15) is 5.56 Å². The molecule has 0 radical (unpaired) electrons. The Bertz CT molecular complexity index is 791. The third-order valence-corrected chi connectivity index (χ3v) is 4.21. The van der Waals surface area contributed by atoms with Crippen LogP contribution in [0.4, 0.5) is 4.39 Å². The van der Waals surface area contributed by atoms with E-state index >= 15 is 0 Å². The van der Waals surface area contributed by atoms with E-state index in [-0.39, 0.29) is 11.6 Å². The first kappa shape index (κ1) is 15.6. The van der Waals surface area contributed by atoms with Gasteiger partial charge in [0.2, 0.25) is 0 Å². The Balaban J connectivity index is 1.61. The van der Waals surface area contributed by atoms with E-state index in [1.807, 2.05) is 35.8 Å². The fourth-order valence-corrected chi connectivity index (χ4v) is 2.91. The summed E-state index contributed by atoms with van der Waals surface area (Å²) >= 11 is 1.52. The SMILES string of the molecule is Cc1ccccc1-n1cnnc1SCCOc1ccccc1F. The van der Waals surface area contributed by atoms with Crippen LogP contribution >= 0.6 is 11.8 Å². The first-order valence-electron chi connectivity index (χ1n) is 7.22. The molecule has 23 heavy (non-hydrogen) atoms. The predicted octanol–water partition coefficient (Wildman–Crippen LogP) is 3.89. The zero-order chi connectivity index (χ0) is 16.1. The van der Waals surface area contributed by atoms with Crippen molar-refractivity contribution in [3.8, 4) is 11.4 Å². The predicted molar refractivity (Wildman–Crippen MR) is 88.7 cm³/mol. The number of aromatic nitrogens is 3. The van der Waals surface area contributed by atoms with Crippen LogP contribution < -0.4 is 4.74 Å². The van der Waals surface area contributed by atoms with Gasteiger partial charge in [-0.2, -0.15) is 0 Å². The van der Waals surface area contributed by atoms with Crippen molar-refractivity contribution in [2.24, 2.45) is 0 Å². The molecule has 0 N–H and O–H groups in total. The second-order valence-electron chi connectivity index (χ2n) is 4.90. The molecule has 3 aromatic rings. The smallest absolute Gasteiger partial charge is 0.195 e. The molecule has 3 rings (SSSR count). The highest BCUT2D eigenvalue weighted by atomic mass is 32.2. The average Bonchev–Trinajstić information content (AvgIpc) is 3.02. The number of para-hydroxylation sites is 2. The standard InChI is InChI=1S/C17H16FN3OS/c1-13-6-2-4-8-15(13)21-12-19-20-17(21)23-11-10-22-16-9-5-3-7-14(16)18/h2-9,12H,10-11H2,1H3. The third-order valence-electron chi connectivity index (χ3n) is 3.30. The largest absolute Gasteiger partial charge is 0.490 e. The van der Waals surface area contributed by atoms with Crippen molar-refractivity contribution in [1.29, 1.82) is 0 Å². The number of halogens is 1. The molecule has 2 aromatic carbocycles. The molecule has 118 valence electrons. The maximum absolute atomic E-state index is 13.5. The van der Waals surface area contributed by atoms with Crippen LogP contribution in [0, 0.1) is 12.7 Å². The van der Waals surface area contributed by atoms with Crippen LogP contribution in [0.15, 0.2) is 60.0 Å². The van der Waals surface area contributed by atoms with Crippen molar-refractivity contribution >= 4 is 11.8 Å². The summed E-state index contributed by atoms with van der Waals surface area (Å²) in [5.41, 5.74) is 2.20. The van der Waals surface area contributed by atoms with Crippen LogP contribution in [-0.4, -0.2) is 27.1 Å². The van der Waals surface area contributed by atoms with E-state index in [2.05, 4.69) is 10.2 Å². The van der Waals surface area contributed by atoms with Gasteiger partial charge < -0.3 is 4.74 Å². The van der Waals surface area contributed by atoms with Gasteiger partial charge in [-0.05, 0) is 30.7 Å². The molecular weight excluding hydrogens is 313 g/mol. The summed E-state index contributed by atoms with van der Waals surface area (Å²) in [7, 11) is 0. The maximum Gasteiger partial charge on any atom is 0.195 e. The number of ether oxygens (including phenoxy) is 1. The van der Waals surface area contributed by atoms with Crippen LogP contribution in [0.3, 0.4) is 0 Å². The molecule has 1 heterocycles. The minimum atomic E-state index is -0.347. The summed E-state index contributed by atoms with van der Waals surface area (Å²) in [6.07, 6.45) is 1.70. The molecule has 6 heteroatoms. The third kappa shape index (κ3) is 3.71. The van der Waals surface area contributed by atoms with Gasteiger partial charge in [-0.3, -0.25) is 4.57 Å². The van der Waals surface area contributed by atoms with Crippen LogP contribution in [0.25, 0.3) is 5.69 Å². The monoisotopic (exact) mass is 329 g/mol. The van der Waals surface area contributed by atoms with Gasteiger partial charge in [0.25, 0.3) is 0 Å². The summed E-state index contributed by atoms with van der Waals surface area (Å²) < 4.78 is 20.9.